The monoisotopic (exact) mass is 272 g/mol. The number of anilines is 1. The maximum atomic E-state index is 11.4. The Bertz CT molecular complexity index is 617. The Kier molecular flexibility index (Phi) is 4.45. The van der Waals surface area contributed by atoms with Gasteiger partial charge in [-0.05, 0) is 30.2 Å². The highest BCUT2D eigenvalue weighted by Gasteiger charge is 2.09. The first-order chi connectivity index (χ1) is 9.63. The smallest absolute Gasteiger partial charge is 0.250 e. The van der Waals surface area contributed by atoms with E-state index in [2.05, 4.69) is 24.4 Å². The van der Waals surface area contributed by atoms with E-state index in [0.29, 0.717) is 0 Å². The number of hydrogen-bond donors (Lipinski definition) is 1. The number of nitrogens with one attached hydrogen (secondary N) is 1. The molecule has 0 amide bonds. The normalized spacial score (nSPS) is 11.9. The fourth-order valence-electron chi connectivity index (χ4n) is 2.14. The molecular weight excluding hydrogens is 252 g/mol. The van der Waals surface area contributed by atoms with Gasteiger partial charge in [0, 0.05) is 19.3 Å². The minimum Gasteiger partial charge on any atom is -0.497 e. The zero-order chi connectivity index (χ0) is 14.5. The van der Waals surface area contributed by atoms with Crippen LogP contribution in [0.4, 0.5) is 5.69 Å². The molecule has 0 aliphatic carbocycles. The minimum atomic E-state index is -0.00644. The van der Waals surface area contributed by atoms with Crippen LogP contribution >= 0.6 is 0 Å². The van der Waals surface area contributed by atoms with E-state index in [9.17, 15) is 4.79 Å². The third kappa shape index (κ3) is 3.20. The lowest BCUT2D eigenvalue weighted by molar-refractivity contribution is 0.414. The molecule has 4 nitrogen and oxygen atoms in total. The summed E-state index contributed by atoms with van der Waals surface area (Å²) in [5.41, 5.74) is 2.13. The number of methoxy groups -OCH3 is 1. The van der Waals surface area contributed by atoms with Crippen molar-refractivity contribution < 1.29 is 4.74 Å². The second-order valence-electron chi connectivity index (χ2n) is 4.75. The quantitative estimate of drug-likeness (QED) is 0.910. The fraction of sp³-hybridized carbons (Fsp3) is 0.312. The predicted molar refractivity (Wildman–Crippen MR) is 81.3 cm³/mol. The summed E-state index contributed by atoms with van der Waals surface area (Å²) in [5.74, 6) is 0.853. The maximum absolute atomic E-state index is 11.4. The van der Waals surface area contributed by atoms with E-state index in [1.54, 1.807) is 24.8 Å². The van der Waals surface area contributed by atoms with Gasteiger partial charge in [-0.3, -0.25) is 4.79 Å². The van der Waals surface area contributed by atoms with E-state index in [1.165, 1.54) is 5.56 Å². The first-order valence-corrected chi connectivity index (χ1v) is 6.71. The number of pyridine rings is 1. The molecule has 1 aromatic carbocycles. The lowest BCUT2D eigenvalue weighted by Crippen LogP contribution is -2.17. The Hall–Kier alpha value is -2.23. The second kappa shape index (κ2) is 6.28. The summed E-state index contributed by atoms with van der Waals surface area (Å²) in [6, 6.07) is 11.6. The summed E-state index contributed by atoms with van der Waals surface area (Å²) in [4.78, 5) is 11.4. The number of aromatic nitrogens is 1. The van der Waals surface area contributed by atoms with Gasteiger partial charge in [0.25, 0.3) is 0 Å². The average molecular weight is 272 g/mol. The Morgan fingerprint density at radius 3 is 2.45 bits per heavy atom. The molecule has 0 saturated heterocycles. The summed E-state index contributed by atoms with van der Waals surface area (Å²) >= 11 is 0. The van der Waals surface area contributed by atoms with Gasteiger partial charge in [0.05, 0.1) is 18.8 Å². The third-order valence-electron chi connectivity index (χ3n) is 3.35. The predicted octanol–water partition coefficient (Wildman–Crippen LogP) is 2.96. The molecule has 1 aromatic heterocycles. The van der Waals surface area contributed by atoms with Crippen LogP contribution in [0, 0.1) is 0 Å². The van der Waals surface area contributed by atoms with Crippen LogP contribution in [0.5, 0.6) is 5.75 Å². The standard InChI is InChI=1S/C16H20N2O2/c1-4-15(12-5-8-14(20-3)9-6-12)17-13-7-10-16(19)18(2)11-13/h5-11,15,17H,4H2,1-3H3. The molecular formula is C16H20N2O2. The SMILES string of the molecule is CCC(Nc1ccc(=O)n(C)c1)c1ccc(OC)cc1. The van der Waals surface area contributed by atoms with E-state index in [-0.39, 0.29) is 11.6 Å². The van der Waals surface area contributed by atoms with Crippen molar-refractivity contribution in [3.8, 4) is 5.75 Å². The van der Waals surface area contributed by atoms with Crippen molar-refractivity contribution in [2.45, 2.75) is 19.4 Å². The third-order valence-corrected chi connectivity index (χ3v) is 3.35. The topological polar surface area (TPSA) is 43.3 Å². The van der Waals surface area contributed by atoms with E-state index in [1.807, 2.05) is 24.4 Å². The summed E-state index contributed by atoms with van der Waals surface area (Å²) in [7, 11) is 3.41. The van der Waals surface area contributed by atoms with Gasteiger partial charge in [0.1, 0.15) is 5.75 Å². The molecule has 1 N–H and O–H groups in total. The summed E-state index contributed by atoms with van der Waals surface area (Å²) < 4.78 is 6.74. The second-order valence-corrected chi connectivity index (χ2v) is 4.75. The molecule has 0 spiro atoms. The van der Waals surface area contributed by atoms with Crippen LogP contribution in [0.15, 0.2) is 47.4 Å². The van der Waals surface area contributed by atoms with Crippen molar-refractivity contribution in [1.82, 2.24) is 4.57 Å². The lowest BCUT2D eigenvalue weighted by atomic mass is 10.0. The molecule has 4 heteroatoms. The maximum Gasteiger partial charge on any atom is 0.250 e. The molecule has 20 heavy (non-hydrogen) atoms. The van der Waals surface area contributed by atoms with E-state index >= 15 is 0 Å². The molecule has 1 unspecified atom stereocenters. The molecule has 1 heterocycles. The van der Waals surface area contributed by atoms with Crippen molar-refractivity contribution in [1.29, 1.82) is 0 Å². The molecule has 0 fully saturated rings. The summed E-state index contributed by atoms with van der Waals surface area (Å²) in [6.07, 6.45) is 2.77. The zero-order valence-corrected chi connectivity index (χ0v) is 12.1. The first-order valence-electron chi connectivity index (χ1n) is 6.71. The summed E-state index contributed by atoms with van der Waals surface area (Å²) in [6.45, 7) is 2.13. The first kappa shape index (κ1) is 14.2. The number of ether oxygens (including phenoxy) is 1. The van der Waals surface area contributed by atoms with Gasteiger partial charge >= 0.3 is 0 Å². The number of nitrogens with zero attached hydrogens (tertiary/aromatic N) is 1. The van der Waals surface area contributed by atoms with Crippen molar-refractivity contribution >= 4 is 5.69 Å². The zero-order valence-electron chi connectivity index (χ0n) is 12.1. The van der Waals surface area contributed by atoms with Crippen molar-refractivity contribution in [3.05, 3.63) is 58.5 Å². The number of rotatable bonds is 5. The highest BCUT2D eigenvalue weighted by atomic mass is 16.5. The molecule has 0 aliphatic rings. The van der Waals surface area contributed by atoms with Crippen LogP contribution in [-0.2, 0) is 7.05 Å². The van der Waals surface area contributed by atoms with Gasteiger partial charge in [-0.2, -0.15) is 0 Å². The number of hydrogen-bond acceptors (Lipinski definition) is 3. The molecule has 0 saturated carbocycles. The highest BCUT2D eigenvalue weighted by Crippen LogP contribution is 2.23. The van der Waals surface area contributed by atoms with Gasteiger partial charge in [0.2, 0.25) is 5.56 Å². The Labute approximate surface area is 119 Å². The number of benzene rings is 1. The molecule has 2 aromatic rings. The lowest BCUT2D eigenvalue weighted by Gasteiger charge is -2.19. The Morgan fingerprint density at radius 2 is 1.90 bits per heavy atom. The average Bonchev–Trinajstić information content (AvgIpc) is 2.48. The van der Waals surface area contributed by atoms with Crippen LogP contribution in [0.25, 0.3) is 0 Å². The van der Waals surface area contributed by atoms with Gasteiger partial charge in [-0.15, -0.1) is 0 Å². The highest BCUT2D eigenvalue weighted by molar-refractivity contribution is 5.44. The summed E-state index contributed by atoms with van der Waals surface area (Å²) in [5, 5.41) is 3.45. The molecule has 0 bridgehead atoms. The van der Waals surface area contributed by atoms with Gasteiger partial charge in [0.15, 0.2) is 0 Å². The minimum absolute atomic E-state index is 0.00644. The van der Waals surface area contributed by atoms with Crippen molar-refractivity contribution in [2.75, 3.05) is 12.4 Å². The van der Waals surface area contributed by atoms with E-state index < -0.39 is 0 Å². The molecule has 106 valence electrons. The fourth-order valence-corrected chi connectivity index (χ4v) is 2.14. The van der Waals surface area contributed by atoms with E-state index in [4.69, 9.17) is 4.74 Å². The van der Waals surface area contributed by atoms with Crippen LogP contribution in [0.1, 0.15) is 24.9 Å². The van der Waals surface area contributed by atoms with Gasteiger partial charge < -0.3 is 14.6 Å². The van der Waals surface area contributed by atoms with Crippen molar-refractivity contribution in [3.63, 3.8) is 0 Å². The Balaban J connectivity index is 2.18. The van der Waals surface area contributed by atoms with Gasteiger partial charge in [-0.1, -0.05) is 19.1 Å². The van der Waals surface area contributed by atoms with Crippen LogP contribution in [-0.4, -0.2) is 11.7 Å². The molecule has 2 rings (SSSR count). The molecule has 0 radical (unpaired) electrons. The molecule has 1 atom stereocenters. The van der Waals surface area contributed by atoms with Crippen LogP contribution < -0.4 is 15.6 Å². The van der Waals surface area contributed by atoms with E-state index in [0.717, 1.165) is 17.9 Å². The van der Waals surface area contributed by atoms with Crippen molar-refractivity contribution in [2.24, 2.45) is 7.05 Å². The number of aryl methyl sites for hydroxylation is 1. The van der Waals surface area contributed by atoms with Crippen LogP contribution in [0.2, 0.25) is 0 Å². The Morgan fingerprint density at radius 1 is 1.20 bits per heavy atom. The molecule has 0 aliphatic heterocycles. The van der Waals surface area contributed by atoms with Crippen LogP contribution in [0.3, 0.4) is 0 Å². The largest absolute Gasteiger partial charge is 0.497 e. The van der Waals surface area contributed by atoms with Gasteiger partial charge in [-0.25, -0.2) is 0 Å².